The number of para-hydroxylation sites is 2. The molecule has 130 valence electrons. The smallest absolute Gasteiger partial charge is 0.211 e. The van der Waals surface area contributed by atoms with Gasteiger partial charge in [0, 0.05) is 37.3 Å². The Hall–Kier alpha value is -1.35. The number of nitrogens with zero attached hydrogens (tertiary/aromatic N) is 3. The highest BCUT2D eigenvalue weighted by Gasteiger charge is 2.24. The monoisotopic (exact) mass is 386 g/mol. The largest absolute Gasteiger partial charge is 0.378 e. The average Bonchev–Trinajstić information content (AvgIpc) is 2.98. The molecule has 1 saturated heterocycles. The van der Waals surface area contributed by atoms with Crippen molar-refractivity contribution in [2.24, 2.45) is 0 Å². The zero-order chi connectivity index (χ0) is 17.2. The number of aromatic nitrogens is 1. The van der Waals surface area contributed by atoms with Crippen LogP contribution in [0, 0.1) is 0 Å². The lowest BCUT2D eigenvalue weighted by atomic mass is 10.2. The van der Waals surface area contributed by atoms with Crippen molar-refractivity contribution in [3.63, 3.8) is 0 Å². The van der Waals surface area contributed by atoms with Gasteiger partial charge in [-0.05, 0) is 12.1 Å². The van der Waals surface area contributed by atoms with Gasteiger partial charge in [0.15, 0.2) is 4.47 Å². The minimum atomic E-state index is -3.11. The van der Waals surface area contributed by atoms with Gasteiger partial charge in [-0.25, -0.2) is 13.4 Å². The van der Waals surface area contributed by atoms with Gasteiger partial charge in [-0.1, -0.05) is 23.7 Å². The van der Waals surface area contributed by atoms with E-state index in [4.69, 9.17) is 11.6 Å². The van der Waals surface area contributed by atoms with Gasteiger partial charge in [0.25, 0.3) is 0 Å². The lowest BCUT2D eigenvalue weighted by Gasteiger charge is -2.35. The highest BCUT2D eigenvalue weighted by Crippen LogP contribution is 2.28. The molecule has 6 nitrogen and oxygen atoms in total. The Morgan fingerprint density at radius 3 is 2.58 bits per heavy atom. The minimum absolute atomic E-state index is 0.512. The molecule has 0 atom stereocenters. The van der Waals surface area contributed by atoms with Crippen LogP contribution in [-0.2, 0) is 16.6 Å². The van der Waals surface area contributed by atoms with Crippen LogP contribution in [0.1, 0.15) is 4.88 Å². The van der Waals surface area contributed by atoms with E-state index >= 15 is 0 Å². The Morgan fingerprint density at radius 2 is 1.96 bits per heavy atom. The van der Waals surface area contributed by atoms with Crippen LogP contribution in [0.3, 0.4) is 0 Å². The number of piperazine rings is 1. The second kappa shape index (κ2) is 7.26. The van der Waals surface area contributed by atoms with Gasteiger partial charge in [0.2, 0.25) is 10.0 Å². The molecule has 0 unspecified atom stereocenters. The lowest BCUT2D eigenvalue weighted by Crippen LogP contribution is -2.48. The molecule has 0 spiro atoms. The summed E-state index contributed by atoms with van der Waals surface area (Å²) in [6, 6.07) is 8.06. The van der Waals surface area contributed by atoms with Crippen LogP contribution in [0.5, 0.6) is 0 Å². The van der Waals surface area contributed by atoms with Crippen LogP contribution < -0.4 is 10.2 Å². The molecule has 0 bridgehead atoms. The van der Waals surface area contributed by atoms with E-state index in [1.165, 1.54) is 21.9 Å². The fourth-order valence-electron chi connectivity index (χ4n) is 2.71. The molecule has 0 radical (unpaired) electrons. The van der Waals surface area contributed by atoms with E-state index in [-0.39, 0.29) is 0 Å². The van der Waals surface area contributed by atoms with Crippen molar-refractivity contribution in [3.05, 3.63) is 39.8 Å². The Balaban J connectivity index is 1.68. The molecule has 9 heteroatoms. The van der Waals surface area contributed by atoms with Crippen molar-refractivity contribution >= 4 is 44.3 Å². The highest BCUT2D eigenvalue weighted by atomic mass is 35.5. The van der Waals surface area contributed by atoms with Crippen molar-refractivity contribution in [3.8, 4) is 0 Å². The topological polar surface area (TPSA) is 65.5 Å². The maximum Gasteiger partial charge on any atom is 0.211 e. The SMILES string of the molecule is CS(=O)(=O)N1CCN(c2ccccc2NCc2cnc(Cl)s2)CC1. The maximum absolute atomic E-state index is 11.6. The Labute approximate surface area is 151 Å². The van der Waals surface area contributed by atoms with E-state index in [0.717, 1.165) is 16.3 Å². The van der Waals surface area contributed by atoms with Crippen molar-refractivity contribution in [2.45, 2.75) is 6.54 Å². The van der Waals surface area contributed by atoms with Crippen molar-refractivity contribution in [2.75, 3.05) is 42.7 Å². The van der Waals surface area contributed by atoms with Gasteiger partial charge in [-0.2, -0.15) is 4.31 Å². The van der Waals surface area contributed by atoms with E-state index in [1.54, 1.807) is 6.20 Å². The molecule has 2 heterocycles. The number of nitrogens with one attached hydrogen (secondary N) is 1. The molecule has 24 heavy (non-hydrogen) atoms. The van der Waals surface area contributed by atoms with Crippen LogP contribution >= 0.6 is 22.9 Å². The Kier molecular flexibility index (Phi) is 5.29. The predicted octanol–water partition coefficient (Wildman–Crippen LogP) is 2.49. The number of anilines is 2. The zero-order valence-corrected chi connectivity index (χ0v) is 15.7. The van der Waals surface area contributed by atoms with Crippen LogP contribution in [-0.4, -0.2) is 50.1 Å². The first kappa shape index (κ1) is 17.5. The molecule has 0 amide bonds. The normalized spacial score (nSPS) is 16.3. The second-order valence-corrected chi connectivity index (χ2v) is 9.28. The molecule has 1 aromatic carbocycles. The first-order valence-electron chi connectivity index (χ1n) is 7.56. The summed E-state index contributed by atoms with van der Waals surface area (Å²) >= 11 is 7.32. The number of hydrogen-bond acceptors (Lipinski definition) is 6. The van der Waals surface area contributed by atoms with Crippen molar-refractivity contribution in [1.29, 1.82) is 0 Å². The first-order chi connectivity index (χ1) is 11.4. The van der Waals surface area contributed by atoms with Gasteiger partial charge >= 0.3 is 0 Å². The van der Waals surface area contributed by atoms with Crippen molar-refractivity contribution in [1.82, 2.24) is 9.29 Å². The standard InChI is InChI=1S/C15H19ClN4O2S2/c1-24(21,22)20-8-6-19(7-9-20)14-5-3-2-4-13(14)17-10-12-11-18-15(16)23-12/h2-5,11,17H,6-10H2,1H3. The van der Waals surface area contributed by atoms with E-state index in [9.17, 15) is 8.42 Å². The maximum atomic E-state index is 11.6. The van der Waals surface area contributed by atoms with E-state index in [0.29, 0.717) is 37.2 Å². The number of thiazole rings is 1. The minimum Gasteiger partial charge on any atom is -0.378 e. The molecule has 2 aromatic rings. The van der Waals surface area contributed by atoms with Crippen LogP contribution in [0.25, 0.3) is 0 Å². The molecule has 1 N–H and O–H groups in total. The van der Waals surface area contributed by atoms with Gasteiger partial charge < -0.3 is 10.2 Å². The number of sulfonamides is 1. The molecule has 0 saturated carbocycles. The molecule has 1 fully saturated rings. The fourth-order valence-corrected chi connectivity index (χ4v) is 4.45. The van der Waals surface area contributed by atoms with Gasteiger partial charge in [0.1, 0.15) is 0 Å². The number of benzene rings is 1. The van der Waals surface area contributed by atoms with Gasteiger partial charge in [0.05, 0.1) is 24.2 Å². The third-order valence-electron chi connectivity index (χ3n) is 3.93. The highest BCUT2D eigenvalue weighted by molar-refractivity contribution is 7.88. The Morgan fingerprint density at radius 1 is 1.25 bits per heavy atom. The quantitative estimate of drug-likeness (QED) is 0.855. The summed E-state index contributed by atoms with van der Waals surface area (Å²) in [5, 5.41) is 3.42. The molecular formula is C15H19ClN4O2S2. The second-order valence-electron chi connectivity index (χ2n) is 5.60. The molecule has 3 rings (SSSR count). The average molecular weight is 387 g/mol. The summed E-state index contributed by atoms with van der Waals surface area (Å²) in [5.41, 5.74) is 2.11. The fraction of sp³-hybridized carbons (Fsp3) is 0.400. The molecule has 1 aromatic heterocycles. The third-order valence-corrected chi connectivity index (χ3v) is 6.35. The molecule has 1 aliphatic rings. The summed E-state index contributed by atoms with van der Waals surface area (Å²) in [4.78, 5) is 7.32. The number of hydrogen-bond donors (Lipinski definition) is 1. The van der Waals surface area contributed by atoms with E-state index in [2.05, 4.69) is 21.3 Å². The number of rotatable bonds is 5. The van der Waals surface area contributed by atoms with Gasteiger partial charge in [-0.15, -0.1) is 11.3 Å². The predicted molar refractivity (Wildman–Crippen MR) is 99.5 cm³/mol. The van der Waals surface area contributed by atoms with Gasteiger partial charge in [-0.3, -0.25) is 0 Å². The summed E-state index contributed by atoms with van der Waals surface area (Å²) in [7, 11) is -3.11. The van der Waals surface area contributed by atoms with E-state index < -0.39 is 10.0 Å². The molecule has 1 aliphatic heterocycles. The summed E-state index contributed by atoms with van der Waals surface area (Å²) in [6.07, 6.45) is 3.03. The van der Waals surface area contributed by atoms with Crippen LogP contribution in [0.4, 0.5) is 11.4 Å². The summed E-state index contributed by atoms with van der Waals surface area (Å²) < 4.78 is 25.3. The lowest BCUT2D eigenvalue weighted by molar-refractivity contribution is 0.388. The summed E-state index contributed by atoms with van der Waals surface area (Å²) in [5.74, 6) is 0. The van der Waals surface area contributed by atoms with Crippen LogP contribution in [0.15, 0.2) is 30.5 Å². The summed E-state index contributed by atoms with van der Waals surface area (Å²) in [6.45, 7) is 3.04. The van der Waals surface area contributed by atoms with Crippen molar-refractivity contribution < 1.29 is 8.42 Å². The van der Waals surface area contributed by atoms with Crippen LogP contribution in [0.2, 0.25) is 4.47 Å². The zero-order valence-electron chi connectivity index (χ0n) is 13.3. The molecule has 0 aliphatic carbocycles. The Bertz CT molecular complexity index is 801. The number of halogens is 1. The third kappa shape index (κ3) is 4.18. The first-order valence-corrected chi connectivity index (χ1v) is 10.6. The van der Waals surface area contributed by atoms with E-state index in [1.807, 2.05) is 18.2 Å². The molecular weight excluding hydrogens is 368 g/mol.